The predicted molar refractivity (Wildman–Crippen MR) is 124 cm³/mol. The molecule has 0 spiro atoms. The molecule has 0 bridgehead atoms. The van der Waals surface area contributed by atoms with Gasteiger partial charge in [0.15, 0.2) is 0 Å². The van der Waals surface area contributed by atoms with Crippen molar-refractivity contribution in [2.45, 2.75) is 19.0 Å². The van der Waals surface area contributed by atoms with Crippen LogP contribution in [0.1, 0.15) is 11.3 Å². The van der Waals surface area contributed by atoms with Gasteiger partial charge in [0.2, 0.25) is 5.91 Å². The summed E-state index contributed by atoms with van der Waals surface area (Å²) in [5, 5.41) is 5.18. The molecule has 7 nitrogen and oxygen atoms in total. The molecule has 1 N–H and O–H groups in total. The summed E-state index contributed by atoms with van der Waals surface area (Å²) < 4.78 is 5.12. The molecule has 1 aromatic heterocycles. The predicted octanol–water partition coefficient (Wildman–Crippen LogP) is 4.78. The van der Waals surface area contributed by atoms with Gasteiger partial charge in [-0.25, -0.2) is 9.69 Å². The molecule has 3 aromatic rings. The molecule has 0 unspecified atom stereocenters. The van der Waals surface area contributed by atoms with Crippen molar-refractivity contribution >= 4 is 52.2 Å². The number of rotatable bonds is 7. The van der Waals surface area contributed by atoms with Crippen LogP contribution in [0.3, 0.4) is 0 Å². The van der Waals surface area contributed by atoms with Crippen LogP contribution in [-0.4, -0.2) is 35.9 Å². The Kier molecular flexibility index (Phi) is 6.43. The molecule has 32 heavy (non-hydrogen) atoms. The van der Waals surface area contributed by atoms with E-state index in [1.54, 1.807) is 55.6 Å². The molecule has 1 aliphatic rings. The van der Waals surface area contributed by atoms with Crippen molar-refractivity contribution in [2.75, 3.05) is 17.3 Å². The van der Waals surface area contributed by atoms with Crippen LogP contribution in [0.15, 0.2) is 66.0 Å². The summed E-state index contributed by atoms with van der Waals surface area (Å²) in [5.74, 6) is -0.144. The number of amides is 4. The first-order chi connectivity index (χ1) is 15.5. The van der Waals surface area contributed by atoms with E-state index >= 15 is 0 Å². The Morgan fingerprint density at radius 2 is 1.81 bits per heavy atom. The van der Waals surface area contributed by atoms with E-state index in [2.05, 4.69) is 5.32 Å². The summed E-state index contributed by atoms with van der Waals surface area (Å²) in [6.07, 6.45) is -0.161. The van der Waals surface area contributed by atoms with Gasteiger partial charge < -0.3 is 15.0 Å². The second kappa shape index (κ2) is 9.42. The highest BCUT2D eigenvalue weighted by molar-refractivity contribution is 7.09. The van der Waals surface area contributed by atoms with Gasteiger partial charge in [-0.3, -0.25) is 9.59 Å². The lowest BCUT2D eigenvalue weighted by Gasteiger charge is -2.21. The van der Waals surface area contributed by atoms with Crippen molar-refractivity contribution in [3.05, 3.63) is 75.9 Å². The van der Waals surface area contributed by atoms with E-state index in [4.69, 9.17) is 16.3 Å². The van der Waals surface area contributed by atoms with Gasteiger partial charge in [-0.2, -0.15) is 0 Å². The summed E-state index contributed by atoms with van der Waals surface area (Å²) in [4.78, 5) is 42.7. The number of hydrogen-bond donors (Lipinski definition) is 1. The summed E-state index contributed by atoms with van der Waals surface area (Å²) in [6.45, 7) is 0.243. The minimum absolute atomic E-state index is 0.161. The Hall–Kier alpha value is -3.36. The van der Waals surface area contributed by atoms with Crippen molar-refractivity contribution in [1.82, 2.24) is 4.90 Å². The van der Waals surface area contributed by atoms with Gasteiger partial charge in [-0.15, -0.1) is 11.3 Å². The normalized spacial score (nSPS) is 15.9. The fourth-order valence-electron chi connectivity index (χ4n) is 3.47. The van der Waals surface area contributed by atoms with Crippen LogP contribution in [0.2, 0.25) is 5.02 Å². The fourth-order valence-corrected chi connectivity index (χ4v) is 4.30. The lowest BCUT2D eigenvalue weighted by Crippen LogP contribution is -2.37. The van der Waals surface area contributed by atoms with Crippen molar-refractivity contribution in [3.8, 4) is 5.75 Å². The first-order valence-corrected chi connectivity index (χ1v) is 11.1. The largest absolute Gasteiger partial charge is 0.497 e. The highest BCUT2D eigenvalue weighted by Gasteiger charge is 2.46. The third kappa shape index (κ3) is 4.61. The van der Waals surface area contributed by atoms with E-state index in [0.717, 1.165) is 9.78 Å². The molecule has 9 heteroatoms. The molecular formula is C23H20ClN3O4S. The lowest BCUT2D eigenvalue weighted by molar-refractivity contribution is -0.124. The monoisotopic (exact) mass is 469 g/mol. The molecule has 2 aromatic carbocycles. The molecule has 1 aliphatic heterocycles. The highest BCUT2D eigenvalue weighted by atomic mass is 35.5. The van der Waals surface area contributed by atoms with E-state index in [0.29, 0.717) is 22.1 Å². The number of carbonyl (C=O) groups excluding carboxylic acids is 3. The van der Waals surface area contributed by atoms with Crippen LogP contribution in [-0.2, 0) is 16.1 Å². The Morgan fingerprint density at radius 1 is 1.09 bits per heavy atom. The van der Waals surface area contributed by atoms with Gasteiger partial charge in [-0.05, 0) is 60.0 Å². The van der Waals surface area contributed by atoms with Crippen LogP contribution in [0.5, 0.6) is 5.75 Å². The lowest BCUT2D eigenvalue weighted by atomic mass is 10.1. The van der Waals surface area contributed by atoms with E-state index in [1.165, 1.54) is 16.2 Å². The van der Waals surface area contributed by atoms with E-state index < -0.39 is 18.0 Å². The second-order valence-electron chi connectivity index (χ2n) is 7.14. The summed E-state index contributed by atoms with van der Waals surface area (Å²) in [7, 11) is 1.56. The number of urea groups is 1. The molecule has 0 saturated carbocycles. The van der Waals surface area contributed by atoms with E-state index in [1.807, 2.05) is 17.5 Å². The molecule has 164 valence electrons. The Morgan fingerprint density at radius 3 is 2.44 bits per heavy atom. The number of nitrogens with zero attached hydrogens (tertiary/aromatic N) is 2. The molecule has 0 aliphatic carbocycles. The van der Waals surface area contributed by atoms with Gasteiger partial charge in [0.25, 0.3) is 5.91 Å². The van der Waals surface area contributed by atoms with Crippen LogP contribution >= 0.6 is 22.9 Å². The van der Waals surface area contributed by atoms with Crippen molar-refractivity contribution < 1.29 is 19.1 Å². The minimum Gasteiger partial charge on any atom is -0.497 e. The molecule has 1 atom stereocenters. The number of carbonyl (C=O) groups is 3. The molecule has 2 heterocycles. The topological polar surface area (TPSA) is 79.0 Å². The van der Waals surface area contributed by atoms with Crippen LogP contribution < -0.4 is 15.0 Å². The molecule has 0 radical (unpaired) electrons. The summed E-state index contributed by atoms with van der Waals surface area (Å²) in [5.41, 5.74) is 0.991. The molecule has 1 fully saturated rings. The SMILES string of the molecule is COc1ccc(NC(=O)C[C@@H]2C(=O)N(c3ccc(Cl)cc3)C(=O)N2Cc2cccs2)cc1. The van der Waals surface area contributed by atoms with Gasteiger partial charge in [0, 0.05) is 15.6 Å². The zero-order valence-electron chi connectivity index (χ0n) is 17.2. The van der Waals surface area contributed by atoms with Crippen molar-refractivity contribution in [1.29, 1.82) is 0 Å². The number of hydrogen-bond acceptors (Lipinski definition) is 5. The van der Waals surface area contributed by atoms with E-state index in [-0.39, 0.29) is 18.9 Å². The maximum atomic E-state index is 13.2. The van der Waals surface area contributed by atoms with Crippen molar-refractivity contribution in [3.63, 3.8) is 0 Å². The minimum atomic E-state index is -0.918. The first-order valence-electron chi connectivity index (χ1n) is 9.82. The number of nitrogens with one attached hydrogen (secondary N) is 1. The summed E-state index contributed by atoms with van der Waals surface area (Å²) >= 11 is 7.44. The van der Waals surface area contributed by atoms with E-state index in [9.17, 15) is 14.4 Å². The first kappa shape index (κ1) is 21.9. The average molecular weight is 470 g/mol. The quantitative estimate of drug-likeness (QED) is 0.505. The number of benzene rings is 2. The number of methoxy groups -OCH3 is 1. The van der Waals surface area contributed by atoms with Gasteiger partial charge >= 0.3 is 6.03 Å². The Bertz CT molecular complexity index is 1120. The van der Waals surface area contributed by atoms with Crippen LogP contribution in [0.25, 0.3) is 0 Å². The molecule has 4 rings (SSSR count). The number of halogens is 1. The fraction of sp³-hybridized carbons (Fsp3) is 0.174. The van der Waals surface area contributed by atoms with Crippen molar-refractivity contribution in [2.24, 2.45) is 0 Å². The smallest absolute Gasteiger partial charge is 0.332 e. The zero-order chi connectivity index (χ0) is 22.7. The number of imide groups is 1. The maximum Gasteiger partial charge on any atom is 0.332 e. The number of ether oxygens (including phenoxy) is 1. The average Bonchev–Trinajstić information content (AvgIpc) is 3.38. The van der Waals surface area contributed by atoms with Crippen LogP contribution in [0.4, 0.5) is 16.2 Å². The summed E-state index contributed by atoms with van der Waals surface area (Å²) in [6, 6.07) is 15.7. The third-order valence-corrected chi connectivity index (χ3v) is 6.18. The third-order valence-electron chi connectivity index (χ3n) is 5.06. The van der Waals surface area contributed by atoms with Gasteiger partial charge in [-0.1, -0.05) is 17.7 Å². The Balaban J connectivity index is 1.56. The second-order valence-corrected chi connectivity index (χ2v) is 8.61. The van der Waals surface area contributed by atoms with Crippen LogP contribution in [0, 0.1) is 0 Å². The zero-order valence-corrected chi connectivity index (χ0v) is 18.7. The Labute approximate surface area is 194 Å². The molecule has 4 amide bonds. The molecule has 1 saturated heterocycles. The highest BCUT2D eigenvalue weighted by Crippen LogP contribution is 2.30. The number of anilines is 2. The van der Waals surface area contributed by atoms with Gasteiger partial charge in [0.1, 0.15) is 11.8 Å². The maximum absolute atomic E-state index is 13.2. The molecular weight excluding hydrogens is 450 g/mol. The number of thiophene rings is 1. The standard InChI is InChI=1S/C23H20ClN3O4S/c1-31-18-10-6-16(7-11-18)25-21(28)13-20-22(29)27(17-8-4-15(24)5-9-17)23(30)26(20)14-19-3-2-12-32-19/h2-12,20H,13-14H2,1H3,(H,25,28)/t20-/m1/s1. The van der Waals surface area contributed by atoms with Gasteiger partial charge in [0.05, 0.1) is 25.8 Å².